The Morgan fingerprint density at radius 1 is 1.36 bits per heavy atom. The minimum absolute atomic E-state index is 0.00461. The SMILES string of the molecule is CCC(C)C(=O)[C@H](Cc1cnc[nH]1)NC(=O)CCNC(C)=O. The molecule has 0 bridgehead atoms. The van der Waals surface area contributed by atoms with Crippen LogP contribution in [-0.4, -0.2) is 40.2 Å². The molecule has 1 rings (SSSR count). The number of H-pyrrole nitrogens is 1. The zero-order chi connectivity index (χ0) is 16.5. The van der Waals surface area contributed by atoms with Gasteiger partial charge < -0.3 is 15.6 Å². The highest BCUT2D eigenvalue weighted by atomic mass is 16.2. The molecule has 0 fully saturated rings. The zero-order valence-electron chi connectivity index (χ0n) is 13.3. The number of hydrogen-bond acceptors (Lipinski definition) is 4. The molecule has 0 aromatic carbocycles. The molecule has 0 saturated carbocycles. The van der Waals surface area contributed by atoms with Gasteiger partial charge in [-0.1, -0.05) is 13.8 Å². The molecule has 1 aromatic rings. The van der Waals surface area contributed by atoms with E-state index < -0.39 is 6.04 Å². The van der Waals surface area contributed by atoms with Gasteiger partial charge in [-0.3, -0.25) is 14.4 Å². The number of aromatic nitrogens is 2. The number of nitrogens with one attached hydrogen (secondary N) is 3. The molecule has 0 radical (unpaired) electrons. The predicted octanol–water partition coefficient (Wildman–Crippen LogP) is 0.578. The van der Waals surface area contributed by atoms with Gasteiger partial charge in [-0.25, -0.2) is 4.98 Å². The van der Waals surface area contributed by atoms with Crippen molar-refractivity contribution in [3.8, 4) is 0 Å². The second-order valence-electron chi connectivity index (χ2n) is 5.35. The van der Waals surface area contributed by atoms with Crippen LogP contribution >= 0.6 is 0 Å². The number of Topliss-reactive ketones (excluding diaryl/α,β-unsaturated/α-hetero) is 1. The molecule has 1 heterocycles. The predicted molar refractivity (Wildman–Crippen MR) is 82.0 cm³/mol. The van der Waals surface area contributed by atoms with Gasteiger partial charge in [0.25, 0.3) is 0 Å². The number of carbonyl (C=O) groups is 3. The lowest BCUT2D eigenvalue weighted by molar-refractivity contribution is -0.130. The van der Waals surface area contributed by atoms with E-state index in [0.29, 0.717) is 6.42 Å². The topological polar surface area (TPSA) is 104 Å². The van der Waals surface area contributed by atoms with Crippen molar-refractivity contribution >= 4 is 17.6 Å². The van der Waals surface area contributed by atoms with E-state index in [2.05, 4.69) is 20.6 Å². The van der Waals surface area contributed by atoms with Crippen LogP contribution in [0.5, 0.6) is 0 Å². The minimum atomic E-state index is -0.583. The number of ketones is 1. The van der Waals surface area contributed by atoms with Crippen molar-refractivity contribution in [1.82, 2.24) is 20.6 Å². The molecule has 1 aromatic heterocycles. The van der Waals surface area contributed by atoms with E-state index in [-0.39, 0.29) is 36.5 Å². The van der Waals surface area contributed by atoms with Crippen molar-refractivity contribution in [1.29, 1.82) is 0 Å². The Bertz CT molecular complexity index is 499. The minimum Gasteiger partial charge on any atom is -0.356 e. The number of aromatic amines is 1. The first-order valence-corrected chi connectivity index (χ1v) is 7.48. The average molecular weight is 308 g/mol. The highest BCUT2D eigenvalue weighted by Crippen LogP contribution is 2.09. The maximum atomic E-state index is 12.4. The van der Waals surface area contributed by atoms with Gasteiger partial charge >= 0.3 is 0 Å². The second kappa shape index (κ2) is 8.96. The normalized spacial score (nSPS) is 13.2. The Balaban J connectivity index is 2.62. The Morgan fingerprint density at radius 3 is 2.64 bits per heavy atom. The van der Waals surface area contributed by atoms with E-state index in [1.54, 1.807) is 12.5 Å². The molecule has 0 aliphatic carbocycles. The number of nitrogens with zero attached hydrogens (tertiary/aromatic N) is 1. The van der Waals surface area contributed by atoms with Gasteiger partial charge in [0.2, 0.25) is 11.8 Å². The fourth-order valence-corrected chi connectivity index (χ4v) is 2.00. The monoisotopic (exact) mass is 308 g/mol. The highest BCUT2D eigenvalue weighted by molar-refractivity contribution is 5.90. The van der Waals surface area contributed by atoms with Crippen LogP contribution in [0.3, 0.4) is 0 Å². The van der Waals surface area contributed by atoms with Gasteiger partial charge in [0, 0.05) is 44.1 Å². The summed E-state index contributed by atoms with van der Waals surface area (Å²) in [6, 6.07) is -0.583. The third kappa shape index (κ3) is 6.07. The number of rotatable bonds is 9. The summed E-state index contributed by atoms with van der Waals surface area (Å²) < 4.78 is 0. The smallest absolute Gasteiger partial charge is 0.222 e. The molecule has 0 spiro atoms. The molecular weight excluding hydrogens is 284 g/mol. The van der Waals surface area contributed by atoms with E-state index in [0.717, 1.165) is 12.1 Å². The first-order valence-electron chi connectivity index (χ1n) is 7.48. The molecular formula is C15H24N4O3. The maximum Gasteiger partial charge on any atom is 0.222 e. The molecule has 0 saturated heterocycles. The van der Waals surface area contributed by atoms with E-state index in [9.17, 15) is 14.4 Å². The van der Waals surface area contributed by atoms with Gasteiger partial charge in [-0.15, -0.1) is 0 Å². The summed E-state index contributed by atoms with van der Waals surface area (Å²) in [6.45, 7) is 5.45. The molecule has 2 atom stereocenters. The average Bonchev–Trinajstić information content (AvgIpc) is 2.97. The molecule has 3 N–H and O–H groups in total. The third-order valence-corrected chi connectivity index (χ3v) is 3.48. The summed E-state index contributed by atoms with van der Waals surface area (Å²) >= 11 is 0. The van der Waals surface area contributed by atoms with Crippen LogP contribution in [0.15, 0.2) is 12.5 Å². The summed E-state index contributed by atoms with van der Waals surface area (Å²) in [4.78, 5) is 42.0. The van der Waals surface area contributed by atoms with E-state index >= 15 is 0 Å². The standard InChI is InChI=1S/C15H24N4O3/c1-4-10(2)15(22)13(7-12-8-16-9-18-12)19-14(21)5-6-17-11(3)20/h8-10,13H,4-7H2,1-3H3,(H,16,18)(H,17,20)(H,19,21)/t10?,13-/m0/s1. The van der Waals surface area contributed by atoms with E-state index in [1.807, 2.05) is 13.8 Å². The van der Waals surface area contributed by atoms with Gasteiger partial charge in [0.05, 0.1) is 12.4 Å². The van der Waals surface area contributed by atoms with Crippen molar-refractivity contribution in [3.63, 3.8) is 0 Å². The maximum absolute atomic E-state index is 12.4. The van der Waals surface area contributed by atoms with Crippen LogP contribution in [0.25, 0.3) is 0 Å². The Labute approximate surface area is 130 Å². The molecule has 2 amide bonds. The first-order chi connectivity index (χ1) is 10.4. The summed E-state index contributed by atoms with van der Waals surface area (Å²) in [6.07, 6.45) is 4.43. The quantitative estimate of drug-likeness (QED) is 0.620. The fraction of sp³-hybridized carbons (Fsp3) is 0.600. The van der Waals surface area contributed by atoms with E-state index in [4.69, 9.17) is 0 Å². The summed E-state index contributed by atoms with van der Waals surface area (Å²) in [5.74, 6) is -0.555. The van der Waals surface area contributed by atoms with Gasteiger partial charge in [0.15, 0.2) is 5.78 Å². The van der Waals surface area contributed by atoms with Crippen molar-refractivity contribution in [2.75, 3.05) is 6.54 Å². The van der Waals surface area contributed by atoms with Crippen molar-refractivity contribution in [3.05, 3.63) is 18.2 Å². The Kier molecular flexibility index (Phi) is 7.28. The lowest BCUT2D eigenvalue weighted by Crippen LogP contribution is -2.45. The van der Waals surface area contributed by atoms with Gasteiger partial charge in [-0.2, -0.15) is 0 Å². The number of carbonyl (C=O) groups excluding carboxylic acids is 3. The summed E-state index contributed by atoms with van der Waals surface area (Å²) in [5.41, 5.74) is 0.795. The van der Waals surface area contributed by atoms with Crippen LogP contribution < -0.4 is 10.6 Å². The third-order valence-electron chi connectivity index (χ3n) is 3.48. The number of hydrogen-bond donors (Lipinski definition) is 3. The largest absolute Gasteiger partial charge is 0.356 e. The molecule has 7 heteroatoms. The summed E-state index contributed by atoms with van der Waals surface area (Å²) in [7, 11) is 0. The molecule has 22 heavy (non-hydrogen) atoms. The fourth-order valence-electron chi connectivity index (χ4n) is 2.00. The Morgan fingerprint density at radius 2 is 2.09 bits per heavy atom. The molecule has 0 aliphatic heterocycles. The second-order valence-corrected chi connectivity index (χ2v) is 5.35. The molecule has 1 unspecified atom stereocenters. The Hall–Kier alpha value is -2.18. The van der Waals surface area contributed by atoms with Gasteiger partial charge in [-0.05, 0) is 6.42 Å². The number of imidazole rings is 1. The first kappa shape index (κ1) is 17.9. The lowest BCUT2D eigenvalue weighted by Gasteiger charge is -2.20. The lowest BCUT2D eigenvalue weighted by atomic mass is 9.94. The van der Waals surface area contributed by atoms with Gasteiger partial charge in [0.1, 0.15) is 0 Å². The highest BCUT2D eigenvalue weighted by Gasteiger charge is 2.25. The zero-order valence-corrected chi connectivity index (χ0v) is 13.3. The summed E-state index contributed by atoms with van der Waals surface area (Å²) in [5, 5.41) is 5.31. The van der Waals surface area contributed by atoms with Crippen molar-refractivity contribution in [2.45, 2.75) is 46.1 Å². The van der Waals surface area contributed by atoms with Crippen molar-refractivity contribution < 1.29 is 14.4 Å². The van der Waals surface area contributed by atoms with Crippen LogP contribution in [0.2, 0.25) is 0 Å². The molecule has 7 nitrogen and oxygen atoms in total. The van der Waals surface area contributed by atoms with Crippen LogP contribution in [0.1, 0.15) is 39.3 Å². The van der Waals surface area contributed by atoms with Crippen LogP contribution in [0, 0.1) is 5.92 Å². The molecule has 0 aliphatic rings. The number of amides is 2. The van der Waals surface area contributed by atoms with Crippen LogP contribution in [0.4, 0.5) is 0 Å². The van der Waals surface area contributed by atoms with Crippen molar-refractivity contribution in [2.24, 2.45) is 5.92 Å². The van der Waals surface area contributed by atoms with E-state index in [1.165, 1.54) is 6.92 Å². The molecule has 122 valence electrons. The van der Waals surface area contributed by atoms with Crippen LogP contribution in [-0.2, 0) is 20.8 Å².